The molecule has 0 saturated carbocycles. The van der Waals surface area contributed by atoms with E-state index in [0.29, 0.717) is 13.2 Å². The molecule has 3 heterocycles. The molecule has 1 unspecified atom stereocenters. The summed E-state index contributed by atoms with van der Waals surface area (Å²) in [4.78, 5) is 0. The van der Waals surface area contributed by atoms with Crippen molar-refractivity contribution in [2.24, 2.45) is 0 Å². The lowest BCUT2D eigenvalue weighted by atomic mass is 9.83. The molecule has 1 aromatic rings. The number of nitrogens with zero attached hydrogens (tertiary/aromatic N) is 2. The lowest BCUT2D eigenvalue weighted by molar-refractivity contribution is -0.0699. The van der Waals surface area contributed by atoms with Crippen LogP contribution in [0.2, 0.25) is 0 Å². The first-order valence-corrected chi connectivity index (χ1v) is 9.38. The van der Waals surface area contributed by atoms with E-state index in [-0.39, 0.29) is 11.7 Å². The number of allylic oxidation sites excluding steroid dienone is 1. The van der Waals surface area contributed by atoms with Crippen LogP contribution in [0.4, 0.5) is 17.6 Å². The lowest BCUT2D eigenvalue weighted by Crippen LogP contribution is -2.41. The van der Waals surface area contributed by atoms with Gasteiger partial charge in [-0.25, -0.2) is 4.39 Å². The maximum atomic E-state index is 15.0. The van der Waals surface area contributed by atoms with Gasteiger partial charge in [0.2, 0.25) is 0 Å². The van der Waals surface area contributed by atoms with Gasteiger partial charge in [-0.2, -0.15) is 18.3 Å². The summed E-state index contributed by atoms with van der Waals surface area (Å²) in [6.45, 7) is 7.54. The molecule has 2 aliphatic heterocycles. The standard InChI is InChI=1S/C18H25BF4N2O3/c1-16(2)17(3,4)28-19(27-16)15(20)14(18(21,22)23)12-9-24-25(10-12)11-13-7-5-6-8-26-13/h9-10,13H,5-8,11H2,1-4H3. The van der Waals surface area contributed by atoms with Crippen LogP contribution >= 0.6 is 0 Å². The Labute approximate surface area is 162 Å². The van der Waals surface area contributed by atoms with Gasteiger partial charge in [0.1, 0.15) is 5.73 Å². The van der Waals surface area contributed by atoms with Gasteiger partial charge in [-0.15, -0.1) is 0 Å². The number of halogens is 4. The molecule has 5 nitrogen and oxygen atoms in total. The minimum atomic E-state index is -4.93. The molecule has 1 aromatic heterocycles. The first kappa shape index (κ1) is 21.3. The first-order chi connectivity index (χ1) is 12.9. The summed E-state index contributed by atoms with van der Waals surface area (Å²) < 4.78 is 73.9. The minimum Gasteiger partial charge on any atom is -0.398 e. The van der Waals surface area contributed by atoms with Crippen LogP contribution in [0.15, 0.2) is 18.1 Å². The van der Waals surface area contributed by atoms with E-state index in [9.17, 15) is 17.6 Å². The molecule has 0 spiro atoms. The number of alkyl halides is 3. The third-order valence-electron chi connectivity index (χ3n) is 5.57. The summed E-state index contributed by atoms with van der Waals surface area (Å²) in [7, 11) is -1.73. The molecule has 0 bridgehead atoms. The van der Waals surface area contributed by atoms with Crippen molar-refractivity contribution in [2.45, 2.75) is 77.0 Å². The molecule has 0 radical (unpaired) electrons. The highest BCUT2D eigenvalue weighted by Gasteiger charge is 2.55. The summed E-state index contributed by atoms with van der Waals surface area (Å²) >= 11 is 0. The predicted octanol–water partition coefficient (Wildman–Crippen LogP) is 4.33. The Morgan fingerprint density at radius 2 is 1.86 bits per heavy atom. The van der Waals surface area contributed by atoms with E-state index in [1.807, 2.05) is 0 Å². The Kier molecular flexibility index (Phi) is 5.68. The van der Waals surface area contributed by atoms with Crippen molar-refractivity contribution in [1.82, 2.24) is 9.78 Å². The molecule has 2 fully saturated rings. The van der Waals surface area contributed by atoms with Crippen LogP contribution in [0.25, 0.3) is 5.57 Å². The third-order valence-corrected chi connectivity index (χ3v) is 5.57. The average molecular weight is 404 g/mol. The van der Waals surface area contributed by atoms with Crippen LogP contribution in [0.3, 0.4) is 0 Å². The molecular formula is C18H25BF4N2O3. The molecule has 0 N–H and O–H groups in total. The fourth-order valence-corrected chi connectivity index (χ4v) is 3.25. The summed E-state index contributed by atoms with van der Waals surface area (Å²) in [5, 5.41) is 3.97. The average Bonchev–Trinajstić information content (AvgIpc) is 3.09. The van der Waals surface area contributed by atoms with Crippen LogP contribution in [-0.2, 0) is 20.6 Å². The second-order valence-electron chi connectivity index (χ2n) is 8.25. The molecule has 28 heavy (non-hydrogen) atoms. The van der Waals surface area contributed by atoms with Gasteiger partial charge in [-0.05, 0) is 47.0 Å². The Morgan fingerprint density at radius 1 is 1.21 bits per heavy atom. The van der Waals surface area contributed by atoms with Gasteiger partial charge >= 0.3 is 13.3 Å². The van der Waals surface area contributed by atoms with Crippen molar-refractivity contribution in [1.29, 1.82) is 0 Å². The SMILES string of the molecule is CC1(C)OB(C(F)=C(c2cnn(CC3CCCCO3)c2)C(F)(F)F)OC1(C)C. The second kappa shape index (κ2) is 7.46. The fraction of sp³-hybridized carbons (Fsp3) is 0.722. The highest BCUT2D eigenvalue weighted by Crippen LogP contribution is 2.43. The van der Waals surface area contributed by atoms with E-state index < -0.39 is 35.8 Å². The fourth-order valence-electron chi connectivity index (χ4n) is 3.25. The number of hydrogen-bond donors (Lipinski definition) is 0. The zero-order valence-corrected chi connectivity index (χ0v) is 16.5. The summed E-state index contributed by atoms with van der Waals surface area (Å²) in [5.41, 5.74) is -5.19. The topological polar surface area (TPSA) is 45.5 Å². The van der Waals surface area contributed by atoms with Crippen LogP contribution in [0.1, 0.15) is 52.5 Å². The Hall–Kier alpha value is -1.39. The number of hydrogen-bond acceptors (Lipinski definition) is 4. The van der Waals surface area contributed by atoms with Crippen molar-refractivity contribution in [3.8, 4) is 0 Å². The van der Waals surface area contributed by atoms with Crippen molar-refractivity contribution in [3.63, 3.8) is 0 Å². The molecule has 2 saturated heterocycles. The first-order valence-electron chi connectivity index (χ1n) is 9.38. The highest BCUT2D eigenvalue weighted by atomic mass is 19.4. The Bertz CT molecular complexity index is 723. The minimum absolute atomic E-state index is 0.104. The third kappa shape index (κ3) is 4.28. The van der Waals surface area contributed by atoms with Gasteiger partial charge < -0.3 is 14.0 Å². The van der Waals surface area contributed by atoms with Crippen LogP contribution in [0.5, 0.6) is 0 Å². The van der Waals surface area contributed by atoms with Crippen molar-refractivity contribution in [3.05, 3.63) is 23.7 Å². The molecule has 0 aromatic carbocycles. The zero-order chi connectivity index (χ0) is 20.7. The molecule has 10 heteroatoms. The quantitative estimate of drug-likeness (QED) is 0.554. The van der Waals surface area contributed by atoms with Crippen molar-refractivity contribution in [2.75, 3.05) is 6.61 Å². The van der Waals surface area contributed by atoms with E-state index in [1.54, 1.807) is 27.7 Å². The van der Waals surface area contributed by atoms with Gasteiger partial charge in [0.15, 0.2) is 0 Å². The smallest absolute Gasteiger partial charge is 0.398 e. The van der Waals surface area contributed by atoms with Gasteiger partial charge in [0, 0.05) is 18.4 Å². The van der Waals surface area contributed by atoms with Crippen LogP contribution in [0, 0.1) is 0 Å². The van der Waals surface area contributed by atoms with Gasteiger partial charge in [0.05, 0.1) is 35.6 Å². The number of ether oxygens (including phenoxy) is 1. The van der Waals surface area contributed by atoms with Gasteiger partial charge in [-0.3, -0.25) is 4.68 Å². The predicted molar refractivity (Wildman–Crippen MR) is 96.0 cm³/mol. The molecule has 3 rings (SSSR count). The molecule has 0 amide bonds. The van der Waals surface area contributed by atoms with Gasteiger partial charge in [0.25, 0.3) is 0 Å². The second-order valence-corrected chi connectivity index (χ2v) is 8.25. The van der Waals surface area contributed by atoms with E-state index in [2.05, 4.69) is 5.10 Å². The summed E-state index contributed by atoms with van der Waals surface area (Å²) in [5.74, 6) is 0. The Morgan fingerprint density at radius 3 is 2.39 bits per heavy atom. The van der Waals surface area contributed by atoms with Crippen LogP contribution < -0.4 is 0 Å². The van der Waals surface area contributed by atoms with E-state index >= 15 is 0 Å². The zero-order valence-electron chi connectivity index (χ0n) is 16.5. The molecule has 156 valence electrons. The maximum absolute atomic E-state index is 15.0. The lowest BCUT2D eigenvalue weighted by Gasteiger charge is -2.32. The number of aromatic nitrogens is 2. The van der Waals surface area contributed by atoms with Crippen molar-refractivity contribution >= 4 is 12.7 Å². The summed E-state index contributed by atoms with van der Waals surface area (Å²) in [6, 6.07) is 0. The molecule has 0 aliphatic carbocycles. The normalized spacial score (nSPS) is 25.7. The summed E-state index contributed by atoms with van der Waals surface area (Å²) in [6.07, 6.45) is -0.0399. The molecule has 1 atom stereocenters. The number of rotatable bonds is 4. The highest BCUT2D eigenvalue weighted by molar-refractivity contribution is 6.55. The van der Waals surface area contributed by atoms with Gasteiger partial charge in [-0.1, -0.05) is 0 Å². The molecular weight excluding hydrogens is 379 g/mol. The molecule has 2 aliphatic rings. The van der Waals surface area contributed by atoms with E-state index in [4.69, 9.17) is 14.0 Å². The Balaban J connectivity index is 1.88. The van der Waals surface area contributed by atoms with Crippen molar-refractivity contribution < 1.29 is 31.6 Å². The maximum Gasteiger partial charge on any atom is 0.525 e. The largest absolute Gasteiger partial charge is 0.525 e. The van der Waals surface area contributed by atoms with E-state index in [0.717, 1.165) is 25.5 Å². The van der Waals surface area contributed by atoms with E-state index in [1.165, 1.54) is 10.9 Å². The van der Waals surface area contributed by atoms with Crippen LogP contribution in [-0.4, -0.2) is 47.0 Å². The monoisotopic (exact) mass is 404 g/mol.